The van der Waals surface area contributed by atoms with Gasteiger partial charge in [0.05, 0.1) is 28.3 Å². The van der Waals surface area contributed by atoms with Crippen LogP contribution in [0.15, 0.2) is 173 Å². The number of phenolic OH excluding ortho intramolecular Hbond substituents is 1. The van der Waals surface area contributed by atoms with E-state index in [0.717, 1.165) is 21.9 Å². The highest BCUT2D eigenvalue weighted by Gasteiger charge is 2.23. The SMILES string of the molecule is O=C(Nc1ccc(-c2ccccc2)cc1)Nc1cc2ccccc2cc1O.O=C(Nc1ccccc1Br)Nc1ccccc1NS(=O)(=O)c1ccccc1C(=O)O. The lowest BCUT2D eigenvalue weighted by molar-refractivity contribution is 0.0692. The number of carboxylic acid groups (broad SMARTS) is 1. The number of benzene rings is 7. The van der Waals surface area contributed by atoms with E-state index >= 15 is 0 Å². The fourth-order valence-electron chi connectivity index (χ4n) is 5.59. The highest BCUT2D eigenvalue weighted by atomic mass is 79.9. The van der Waals surface area contributed by atoms with Crippen LogP contribution in [0.1, 0.15) is 10.4 Å². The maximum Gasteiger partial charge on any atom is 0.337 e. The molecule has 0 fully saturated rings. The molecule has 7 rings (SSSR count). The van der Waals surface area contributed by atoms with Gasteiger partial charge in [-0.2, -0.15) is 0 Å². The zero-order chi connectivity index (χ0) is 40.4. The van der Waals surface area contributed by atoms with Crippen LogP contribution < -0.4 is 26.0 Å². The summed E-state index contributed by atoms with van der Waals surface area (Å²) in [4.78, 5) is 35.6. The van der Waals surface area contributed by atoms with Crippen molar-refractivity contribution >= 4 is 83.2 Å². The molecule has 57 heavy (non-hydrogen) atoms. The Bertz CT molecular complexity index is 2680. The average molecular weight is 845 g/mol. The third kappa shape index (κ3) is 10.3. The summed E-state index contributed by atoms with van der Waals surface area (Å²) in [6.07, 6.45) is 0. The standard InChI is InChI=1S/C23H18N2O2.C20H16BrN3O5S/c26-22-15-19-9-5-4-8-18(19)14-21(22)25-23(27)24-20-12-10-17(11-13-20)16-6-2-1-3-7-16;21-14-8-2-3-9-15(14)22-20(27)23-16-10-4-5-11-17(16)24-30(28,29)18-12-6-1-7-13(18)19(25)26/h1-15,26H,(H2,24,25,27);1-12,24H,(H,25,26)(H2,22,23,27). The van der Waals surface area contributed by atoms with Crippen molar-refractivity contribution in [2.75, 3.05) is 26.0 Å². The van der Waals surface area contributed by atoms with E-state index in [-0.39, 0.29) is 27.6 Å². The minimum Gasteiger partial charge on any atom is -0.506 e. The van der Waals surface area contributed by atoms with Gasteiger partial charge >= 0.3 is 18.0 Å². The monoisotopic (exact) mass is 843 g/mol. The van der Waals surface area contributed by atoms with Crippen molar-refractivity contribution in [3.63, 3.8) is 0 Å². The molecule has 0 aliphatic rings. The van der Waals surface area contributed by atoms with Crippen LogP contribution >= 0.6 is 15.9 Å². The lowest BCUT2D eigenvalue weighted by Crippen LogP contribution is -2.22. The topological polar surface area (TPSA) is 186 Å². The Balaban J connectivity index is 0.000000194. The Labute approximate surface area is 336 Å². The minimum atomic E-state index is -4.22. The van der Waals surface area contributed by atoms with Crippen molar-refractivity contribution in [3.05, 3.63) is 174 Å². The van der Waals surface area contributed by atoms with Crippen molar-refractivity contribution in [2.45, 2.75) is 4.90 Å². The fourth-order valence-corrected chi connectivity index (χ4v) is 7.25. The normalized spacial score (nSPS) is 10.7. The number of aromatic hydroxyl groups is 1. The molecule has 0 saturated carbocycles. The summed E-state index contributed by atoms with van der Waals surface area (Å²) in [5.74, 6) is -1.33. The number of rotatable bonds is 9. The summed E-state index contributed by atoms with van der Waals surface area (Å²) in [5, 5.41) is 32.0. The van der Waals surface area contributed by atoms with Crippen molar-refractivity contribution in [3.8, 4) is 16.9 Å². The second-order valence-corrected chi connectivity index (χ2v) is 14.8. The van der Waals surface area contributed by atoms with Gasteiger partial charge in [0.25, 0.3) is 10.0 Å². The van der Waals surface area contributed by atoms with Crippen LogP contribution in [0.2, 0.25) is 0 Å². The van der Waals surface area contributed by atoms with E-state index in [4.69, 9.17) is 0 Å². The number of urea groups is 2. The number of carboxylic acids is 1. The first-order valence-electron chi connectivity index (χ1n) is 17.2. The fraction of sp³-hybridized carbons (Fsp3) is 0. The molecule has 0 aromatic heterocycles. The molecule has 0 aliphatic heterocycles. The van der Waals surface area contributed by atoms with Gasteiger partial charge in [0.1, 0.15) is 10.6 Å². The van der Waals surface area contributed by atoms with Crippen LogP contribution in [0.4, 0.5) is 38.0 Å². The van der Waals surface area contributed by atoms with Gasteiger partial charge < -0.3 is 31.5 Å². The number of carbonyl (C=O) groups excluding carboxylic acids is 2. The molecule has 7 aromatic rings. The largest absolute Gasteiger partial charge is 0.506 e. The van der Waals surface area contributed by atoms with Crippen molar-refractivity contribution in [1.82, 2.24) is 0 Å². The molecule has 0 saturated heterocycles. The van der Waals surface area contributed by atoms with Gasteiger partial charge in [-0.3, -0.25) is 4.72 Å². The molecule has 4 amide bonds. The maximum atomic E-state index is 12.8. The zero-order valence-corrected chi connectivity index (χ0v) is 32.2. The first-order chi connectivity index (χ1) is 27.5. The van der Waals surface area contributed by atoms with Crippen molar-refractivity contribution in [1.29, 1.82) is 0 Å². The molecular formula is C43H34BrN5O7S. The van der Waals surface area contributed by atoms with Crippen LogP contribution in [-0.2, 0) is 10.0 Å². The van der Waals surface area contributed by atoms with Gasteiger partial charge in [0.2, 0.25) is 0 Å². The first-order valence-corrected chi connectivity index (χ1v) is 19.5. The second kappa shape index (κ2) is 18.0. The van der Waals surface area contributed by atoms with Crippen LogP contribution in [-0.4, -0.2) is 36.7 Å². The Morgan fingerprint density at radius 2 is 1.02 bits per heavy atom. The number of phenols is 1. The Morgan fingerprint density at radius 3 is 1.70 bits per heavy atom. The van der Waals surface area contributed by atoms with E-state index in [2.05, 4.69) is 41.9 Å². The Hall–Kier alpha value is -7.16. The van der Waals surface area contributed by atoms with Crippen molar-refractivity contribution < 1.29 is 33.0 Å². The molecule has 0 heterocycles. The highest BCUT2D eigenvalue weighted by molar-refractivity contribution is 9.10. The summed E-state index contributed by atoms with van der Waals surface area (Å²) < 4.78 is 28.6. The molecule has 0 unspecified atom stereocenters. The van der Waals surface area contributed by atoms with Crippen LogP contribution in [0.25, 0.3) is 21.9 Å². The number of amides is 4. The molecule has 0 spiro atoms. The van der Waals surface area contributed by atoms with Crippen LogP contribution in [0, 0.1) is 0 Å². The van der Waals surface area contributed by atoms with Gasteiger partial charge in [-0.05, 0) is 98.5 Å². The summed E-state index contributed by atoms with van der Waals surface area (Å²) in [5.41, 5.74) is 3.69. The van der Waals surface area contributed by atoms with Gasteiger partial charge in [0, 0.05) is 10.2 Å². The van der Waals surface area contributed by atoms with E-state index in [1.165, 1.54) is 36.4 Å². The molecule has 0 atom stereocenters. The van der Waals surface area contributed by atoms with Crippen LogP contribution in [0.3, 0.4) is 0 Å². The van der Waals surface area contributed by atoms with Gasteiger partial charge in [-0.25, -0.2) is 22.8 Å². The average Bonchev–Trinajstić information content (AvgIpc) is 3.20. The minimum absolute atomic E-state index is 0.0308. The predicted molar refractivity (Wildman–Crippen MR) is 228 cm³/mol. The van der Waals surface area contributed by atoms with Crippen LogP contribution in [0.5, 0.6) is 5.75 Å². The number of nitrogens with one attached hydrogen (secondary N) is 5. The van der Waals surface area contributed by atoms with Gasteiger partial charge in [-0.15, -0.1) is 0 Å². The van der Waals surface area contributed by atoms with E-state index in [0.29, 0.717) is 21.5 Å². The summed E-state index contributed by atoms with van der Waals surface area (Å²) in [7, 11) is -4.22. The van der Waals surface area contributed by atoms with E-state index in [1.807, 2.05) is 78.9 Å². The number of para-hydroxylation sites is 3. The van der Waals surface area contributed by atoms with Crippen molar-refractivity contribution in [2.24, 2.45) is 0 Å². The molecule has 7 aromatic carbocycles. The third-order valence-corrected chi connectivity index (χ3v) is 10.4. The number of anilines is 5. The molecule has 0 aliphatic carbocycles. The second-order valence-electron chi connectivity index (χ2n) is 12.3. The van der Waals surface area contributed by atoms with Gasteiger partial charge in [-0.1, -0.05) is 103 Å². The molecule has 12 nitrogen and oxygen atoms in total. The molecular weight excluding hydrogens is 810 g/mol. The molecule has 0 bridgehead atoms. The molecule has 0 radical (unpaired) electrons. The summed E-state index contributed by atoms with van der Waals surface area (Å²) in [6, 6.07) is 46.1. The number of hydrogen-bond acceptors (Lipinski definition) is 6. The number of sulfonamides is 1. The number of hydrogen-bond donors (Lipinski definition) is 7. The third-order valence-electron chi connectivity index (χ3n) is 8.31. The number of fused-ring (bicyclic) bond motifs is 1. The molecule has 14 heteroatoms. The Kier molecular flexibility index (Phi) is 12.5. The molecule has 7 N–H and O–H groups in total. The highest BCUT2D eigenvalue weighted by Crippen LogP contribution is 2.30. The lowest BCUT2D eigenvalue weighted by Gasteiger charge is -2.15. The van der Waals surface area contributed by atoms with Gasteiger partial charge in [0.15, 0.2) is 0 Å². The smallest absolute Gasteiger partial charge is 0.337 e. The Morgan fingerprint density at radius 1 is 0.509 bits per heavy atom. The maximum absolute atomic E-state index is 12.8. The number of halogens is 1. The predicted octanol–water partition coefficient (Wildman–Crippen LogP) is 10.4. The lowest BCUT2D eigenvalue weighted by atomic mass is 10.1. The number of carbonyl (C=O) groups is 3. The van der Waals surface area contributed by atoms with E-state index < -0.39 is 28.1 Å². The zero-order valence-electron chi connectivity index (χ0n) is 29.8. The number of aromatic carboxylic acids is 1. The summed E-state index contributed by atoms with van der Waals surface area (Å²) >= 11 is 3.33. The first kappa shape index (κ1) is 39.5. The quantitative estimate of drug-likeness (QED) is 0.0705. The molecule has 286 valence electrons. The summed E-state index contributed by atoms with van der Waals surface area (Å²) in [6.45, 7) is 0. The van der Waals surface area contributed by atoms with E-state index in [9.17, 15) is 33.0 Å². The van der Waals surface area contributed by atoms with E-state index in [1.54, 1.807) is 48.5 Å².